The molecule has 0 saturated carbocycles. The highest BCUT2D eigenvalue weighted by Crippen LogP contribution is 2.09. The molecular weight excluding hydrogens is 154 g/mol. The van der Waals surface area contributed by atoms with E-state index in [1.807, 2.05) is 0 Å². The minimum absolute atomic E-state index is 0.434. The van der Waals surface area contributed by atoms with E-state index in [-0.39, 0.29) is 0 Å². The Kier molecular flexibility index (Phi) is 3.50. The van der Waals surface area contributed by atoms with Crippen LogP contribution in [0.5, 0.6) is 0 Å². The van der Waals surface area contributed by atoms with Crippen LogP contribution >= 0.6 is 0 Å². The Labute approximate surface area is 74.1 Å². The molecule has 2 N–H and O–H groups in total. The summed E-state index contributed by atoms with van der Waals surface area (Å²) in [5.41, 5.74) is -0.688. The van der Waals surface area contributed by atoms with Crippen LogP contribution in [0.1, 0.15) is 20.3 Å². The van der Waals surface area contributed by atoms with Gasteiger partial charge in [0, 0.05) is 6.54 Å². The second-order valence-corrected chi connectivity index (χ2v) is 4.19. The van der Waals surface area contributed by atoms with Crippen LogP contribution in [0.2, 0.25) is 0 Å². The van der Waals surface area contributed by atoms with Gasteiger partial charge in [0.05, 0.1) is 18.8 Å². The normalized spacial score (nSPS) is 24.8. The van der Waals surface area contributed by atoms with Crippen LogP contribution < -0.4 is 5.32 Å². The maximum Gasteiger partial charge on any atom is 0.0824 e. The van der Waals surface area contributed by atoms with Gasteiger partial charge in [-0.2, -0.15) is 0 Å². The van der Waals surface area contributed by atoms with Crippen molar-refractivity contribution in [3.8, 4) is 0 Å². The lowest BCUT2D eigenvalue weighted by Crippen LogP contribution is -2.27. The van der Waals surface area contributed by atoms with E-state index in [9.17, 15) is 5.11 Å². The quantitative estimate of drug-likeness (QED) is 0.646. The maximum atomic E-state index is 9.35. The van der Waals surface area contributed by atoms with Gasteiger partial charge in [-0.15, -0.1) is 0 Å². The molecular formula is C9H19NO2. The van der Waals surface area contributed by atoms with Gasteiger partial charge >= 0.3 is 0 Å². The fourth-order valence-electron chi connectivity index (χ4n) is 1.33. The number of rotatable bonds is 4. The Morgan fingerprint density at radius 3 is 2.83 bits per heavy atom. The molecule has 1 heterocycles. The zero-order chi connectivity index (χ0) is 9.03. The van der Waals surface area contributed by atoms with Gasteiger partial charge in [-0.05, 0) is 32.7 Å². The van der Waals surface area contributed by atoms with Crippen molar-refractivity contribution in [3.63, 3.8) is 0 Å². The summed E-state index contributed by atoms with van der Waals surface area (Å²) in [7, 11) is 0. The Hall–Kier alpha value is -0.120. The summed E-state index contributed by atoms with van der Waals surface area (Å²) in [6, 6.07) is 0. The number of ether oxygens (including phenoxy) is 1. The Balaban J connectivity index is 2.02. The van der Waals surface area contributed by atoms with Crippen molar-refractivity contribution in [2.75, 3.05) is 26.3 Å². The molecule has 0 spiro atoms. The first kappa shape index (κ1) is 9.96. The molecule has 0 aromatic carbocycles. The van der Waals surface area contributed by atoms with E-state index < -0.39 is 5.60 Å². The largest absolute Gasteiger partial charge is 0.388 e. The lowest BCUT2D eigenvalue weighted by Gasteiger charge is -2.18. The molecule has 0 amide bonds. The number of hydrogen-bond acceptors (Lipinski definition) is 3. The van der Waals surface area contributed by atoms with E-state index in [1.165, 1.54) is 6.42 Å². The SMILES string of the molecule is CC(C)(O)COCC1CCNC1. The van der Waals surface area contributed by atoms with Gasteiger partial charge in [-0.1, -0.05) is 0 Å². The molecule has 3 nitrogen and oxygen atoms in total. The van der Waals surface area contributed by atoms with Crippen molar-refractivity contribution in [2.24, 2.45) is 5.92 Å². The summed E-state index contributed by atoms with van der Waals surface area (Å²) >= 11 is 0. The van der Waals surface area contributed by atoms with Crippen molar-refractivity contribution < 1.29 is 9.84 Å². The number of nitrogens with one attached hydrogen (secondary N) is 1. The van der Waals surface area contributed by atoms with Crippen molar-refractivity contribution in [3.05, 3.63) is 0 Å². The molecule has 0 bridgehead atoms. The first-order valence-electron chi connectivity index (χ1n) is 4.59. The standard InChI is InChI=1S/C9H19NO2/c1-9(2,11)7-12-6-8-3-4-10-5-8/h8,10-11H,3-7H2,1-2H3. The van der Waals surface area contributed by atoms with Crippen LogP contribution in [0.3, 0.4) is 0 Å². The third-order valence-corrected chi connectivity index (χ3v) is 1.97. The van der Waals surface area contributed by atoms with Gasteiger partial charge in [0.25, 0.3) is 0 Å². The van der Waals surface area contributed by atoms with Crippen molar-refractivity contribution in [1.29, 1.82) is 0 Å². The predicted octanol–water partition coefficient (Wildman–Crippen LogP) is 0.383. The van der Waals surface area contributed by atoms with Crippen molar-refractivity contribution in [2.45, 2.75) is 25.9 Å². The van der Waals surface area contributed by atoms with E-state index in [1.54, 1.807) is 13.8 Å². The first-order chi connectivity index (χ1) is 5.58. The van der Waals surface area contributed by atoms with Gasteiger partial charge in [0.2, 0.25) is 0 Å². The van der Waals surface area contributed by atoms with Gasteiger partial charge in [-0.3, -0.25) is 0 Å². The first-order valence-corrected chi connectivity index (χ1v) is 4.59. The molecule has 1 saturated heterocycles. The Bertz CT molecular complexity index is 125. The highest BCUT2D eigenvalue weighted by molar-refractivity contribution is 4.71. The molecule has 1 unspecified atom stereocenters. The van der Waals surface area contributed by atoms with Crippen LogP contribution in [-0.4, -0.2) is 37.0 Å². The average Bonchev–Trinajstić information content (AvgIpc) is 2.36. The average molecular weight is 173 g/mol. The van der Waals surface area contributed by atoms with Gasteiger partial charge < -0.3 is 15.2 Å². The van der Waals surface area contributed by atoms with E-state index in [0.29, 0.717) is 12.5 Å². The highest BCUT2D eigenvalue weighted by atomic mass is 16.5. The molecule has 0 aromatic rings. The molecule has 72 valence electrons. The number of hydrogen-bond donors (Lipinski definition) is 2. The predicted molar refractivity (Wildman–Crippen MR) is 48.1 cm³/mol. The summed E-state index contributed by atoms with van der Waals surface area (Å²) in [5.74, 6) is 0.646. The molecule has 1 atom stereocenters. The van der Waals surface area contributed by atoms with E-state index in [0.717, 1.165) is 19.7 Å². The lowest BCUT2D eigenvalue weighted by molar-refractivity contribution is -0.0288. The smallest absolute Gasteiger partial charge is 0.0824 e. The molecule has 0 aromatic heterocycles. The van der Waals surface area contributed by atoms with Crippen LogP contribution in [0, 0.1) is 5.92 Å². The van der Waals surface area contributed by atoms with E-state index >= 15 is 0 Å². The Morgan fingerprint density at radius 1 is 1.58 bits per heavy atom. The summed E-state index contributed by atoms with van der Waals surface area (Å²) in [5, 5.41) is 12.6. The van der Waals surface area contributed by atoms with Gasteiger partial charge in [-0.25, -0.2) is 0 Å². The lowest BCUT2D eigenvalue weighted by atomic mass is 10.1. The minimum Gasteiger partial charge on any atom is -0.388 e. The summed E-state index contributed by atoms with van der Waals surface area (Å²) in [6.45, 7) is 6.91. The molecule has 1 aliphatic rings. The van der Waals surface area contributed by atoms with Crippen LogP contribution in [0.4, 0.5) is 0 Å². The van der Waals surface area contributed by atoms with Crippen LogP contribution in [-0.2, 0) is 4.74 Å². The monoisotopic (exact) mass is 173 g/mol. The summed E-state index contributed by atoms with van der Waals surface area (Å²) in [6.07, 6.45) is 1.20. The zero-order valence-electron chi connectivity index (χ0n) is 7.97. The second-order valence-electron chi connectivity index (χ2n) is 4.19. The molecule has 1 rings (SSSR count). The van der Waals surface area contributed by atoms with Crippen molar-refractivity contribution >= 4 is 0 Å². The highest BCUT2D eigenvalue weighted by Gasteiger charge is 2.17. The molecule has 0 aliphatic carbocycles. The molecule has 12 heavy (non-hydrogen) atoms. The van der Waals surface area contributed by atoms with Gasteiger partial charge in [0.15, 0.2) is 0 Å². The summed E-state index contributed by atoms with van der Waals surface area (Å²) < 4.78 is 5.39. The third kappa shape index (κ3) is 4.04. The second kappa shape index (κ2) is 4.21. The molecule has 3 heteroatoms. The molecule has 0 radical (unpaired) electrons. The fraction of sp³-hybridized carbons (Fsp3) is 1.00. The topological polar surface area (TPSA) is 41.5 Å². The fourth-order valence-corrected chi connectivity index (χ4v) is 1.33. The van der Waals surface area contributed by atoms with Gasteiger partial charge in [0.1, 0.15) is 0 Å². The molecule has 1 aliphatic heterocycles. The van der Waals surface area contributed by atoms with E-state index in [4.69, 9.17) is 4.74 Å². The van der Waals surface area contributed by atoms with Crippen LogP contribution in [0.15, 0.2) is 0 Å². The molecule has 1 fully saturated rings. The third-order valence-electron chi connectivity index (χ3n) is 1.97. The van der Waals surface area contributed by atoms with Crippen LogP contribution in [0.25, 0.3) is 0 Å². The Morgan fingerprint density at radius 2 is 2.33 bits per heavy atom. The minimum atomic E-state index is -0.688. The number of aliphatic hydroxyl groups is 1. The maximum absolute atomic E-state index is 9.35. The summed E-state index contributed by atoms with van der Waals surface area (Å²) in [4.78, 5) is 0. The van der Waals surface area contributed by atoms with Crippen molar-refractivity contribution in [1.82, 2.24) is 5.32 Å². The zero-order valence-corrected chi connectivity index (χ0v) is 7.97. The van der Waals surface area contributed by atoms with E-state index in [2.05, 4.69) is 5.32 Å².